The van der Waals surface area contributed by atoms with Gasteiger partial charge in [-0.15, -0.1) is 0 Å². The SMILES string of the molecule is Cc1noc(C)c1COC(=O)C(CC(C)C)NC(=O)c1ccc(Cl)cc1. The lowest BCUT2D eigenvalue weighted by Crippen LogP contribution is -2.42. The van der Waals surface area contributed by atoms with Crippen LogP contribution >= 0.6 is 11.6 Å². The third-order valence-corrected chi connectivity index (χ3v) is 4.20. The second kappa shape index (κ2) is 8.85. The first-order chi connectivity index (χ1) is 12.3. The molecule has 0 aliphatic heterocycles. The molecule has 1 amide bonds. The molecule has 1 N–H and O–H groups in total. The largest absolute Gasteiger partial charge is 0.459 e. The topological polar surface area (TPSA) is 81.4 Å². The normalized spacial score (nSPS) is 12.1. The summed E-state index contributed by atoms with van der Waals surface area (Å²) in [6.45, 7) is 7.56. The summed E-state index contributed by atoms with van der Waals surface area (Å²) in [7, 11) is 0. The summed E-state index contributed by atoms with van der Waals surface area (Å²) in [5.74, 6) is -0.0133. The van der Waals surface area contributed by atoms with Gasteiger partial charge in [-0.25, -0.2) is 4.79 Å². The van der Waals surface area contributed by atoms with Gasteiger partial charge in [-0.2, -0.15) is 0 Å². The Morgan fingerprint density at radius 2 is 1.88 bits per heavy atom. The number of carbonyl (C=O) groups excluding carboxylic acids is 2. The predicted octanol–water partition coefficient (Wildman–Crippen LogP) is 3.83. The van der Waals surface area contributed by atoms with Crippen LogP contribution in [0.1, 0.15) is 47.6 Å². The Morgan fingerprint density at radius 3 is 2.42 bits per heavy atom. The highest BCUT2D eigenvalue weighted by atomic mass is 35.5. The Hall–Kier alpha value is -2.34. The molecule has 26 heavy (non-hydrogen) atoms. The Morgan fingerprint density at radius 1 is 1.23 bits per heavy atom. The number of halogens is 1. The standard InChI is InChI=1S/C19H23ClN2O4/c1-11(2)9-17(21-18(23)14-5-7-15(20)8-6-14)19(24)25-10-16-12(3)22-26-13(16)4/h5-8,11,17H,9-10H2,1-4H3,(H,21,23). The van der Waals surface area contributed by atoms with E-state index in [4.69, 9.17) is 20.9 Å². The molecule has 0 spiro atoms. The molecule has 6 nitrogen and oxygen atoms in total. The zero-order chi connectivity index (χ0) is 19.3. The van der Waals surface area contributed by atoms with Crippen molar-refractivity contribution in [3.63, 3.8) is 0 Å². The van der Waals surface area contributed by atoms with Crippen LogP contribution in [0.2, 0.25) is 5.02 Å². The molecule has 0 fully saturated rings. The quantitative estimate of drug-likeness (QED) is 0.740. The summed E-state index contributed by atoms with van der Waals surface area (Å²) < 4.78 is 10.5. The van der Waals surface area contributed by atoms with Crippen LogP contribution in [0.5, 0.6) is 0 Å². The first-order valence-electron chi connectivity index (χ1n) is 8.42. The minimum absolute atomic E-state index is 0.0609. The fraction of sp³-hybridized carbons (Fsp3) is 0.421. The van der Waals surface area contributed by atoms with Crippen molar-refractivity contribution in [1.29, 1.82) is 0 Å². The van der Waals surface area contributed by atoms with Crippen molar-refractivity contribution in [3.05, 3.63) is 51.9 Å². The van der Waals surface area contributed by atoms with Crippen LogP contribution < -0.4 is 5.32 Å². The maximum absolute atomic E-state index is 12.5. The Bertz CT molecular complexity index is 749. The molecular weight excluding hydrogens is 356 g/mol. The maximum Gasteiger partial charge on any atom is 0.328 e. The van der Waals surface area contributed by atoms with E-state index >= 15 is 0 Å². The van der Waals surface area contributed by atoms with Crippen molar-refractivity contribution in [2.75, 3.05) is 0 Å². The summed E-state index contributed by atoms with van der Waals surface area (Å²) in [5.41, 5.74) is 1.85. The van der Waals surface area contributed by atoms with Crippen molar-refractivity contribution < 1.29 is 18.8 Å². The van der Waals surface area contributed by atoms with E-state index in [0.29, 0.717) is 28.5 Å². The summed E-state index contributed by atoms with van der Waals surface area (Å²) in [6.07, 6.45) is 0.472. The molecule has 7 heteroatoms. The number of aromatic nitrogens is 1. The van der Waals surface area contributed by atoms with E-state index in [2.05, 4.69) is 10.5 Å². The fourth-order valence-corrected chi connectivity index (χ4v) is 2.61. The second-order valence-corrected chi connectivity index (χ2v) is 7.01. The van der Waals surface area contributed by atoms with Gasteiger partial charge in [-0.3, -0.25) is 4.79 Å². The molecule has 0 aliphatic rings. The molecule has 1 aromatic carbocycles. The Kier molecular flexibility index (Phi) is 6.80. The predicted molar refractivity (Wildman–Crippen MR) is 97.9 cm³/mol. The Labute approximate surface area is 157 Å². The van der Waals surface area contributed by atoms with E-state index in [1.165, 1.54) is 0 Å². The van der Waals surface area contributed by atoms with Gasteiger partial charge in [-0.1, -0.05) is 30.6 Å². The average Bonchev–Trinajstić information content (AvgIpc) is 2.90. The summed E-state index contributed by atoms with van der Waals surface area (Å²) in [6, 6.07) is 5.74. The second-order valence-electron chi connectivity index (χ2n) is 6.57. The zero-order valence-electron chi connectivity index (χ0n) is 15.3. The van der Waals surface area contributed by atoms with Crippen molar-refractivity contribution in [3.8, 4) is 0 Å². The van der Waals surface area contributed by atoms with Crippen molar-refractivity contribution in [2.45, 2.75) is 46.8 Å². The zero-order valence-corrected chi connectivity index (χ0v) is 16.1. The molecular formula is C19H23ClN2O4. The number of nitrogens with zero attached hydrogens (tertiary/aromatic N) is 1. The number of benzene rings is 1. The average molecular weight is 379 g/mol. The number of amides is 1. The number of ether oxygens (including phenoxy) is 1. The molecule has 0 aliphatic carbocycles. The highest BCUT2D eigenvalue weighted by Crippen LogP contribution is 2.15. The van der Waals surface area contributed by atoms with Gasteiger partial charge >= 0.3 is 5.97 Å². The Balaban J connectivity index is 2.04. The molecule has 2 rings (SSSR count). The van der Waals surface area contributed by atoms with Gasteiger partial charge < -0.3 is 14.6 Å². The van der Waals surface area contributed by atoms with Crippen molar-refractivity contribution >= 4 is 23.5 Å². The number of hydrogen-bond acceptors (Lipinski definition) is 5. The van der Waals surface area contributed by atoms with Gasteiger partial charge in [-0.05, 0) is 50.5 Å². The van der Waals surface area contributed by atoms with Crippen LogP contribution in [0.3, 0.4) is 0 Å². The number of hydrogen-bond donors (Lipinski definition) is 1. The fourth-order valence-electron chi connectivity index (χ4n) is 2.48. The number of aryl methyl sites for hydroxylation is 2. The van der Waals surface area contributed by atoms with E-state index in [9.17, 15) is 9.59 Å². The molecule has 0 bridgehead atoms. The summed E-state index contributed by atoms with van der Waals surface area (Å²) in [5, 5.41) is 7.12. The monoisotopic (exact) mass is 378 g/mol. The van der Waals surface area contributed by atoms with Crippen LogP contribution in [0.25, 0.3) is 0 Å². The third kappa shape index (κ3) is 5.33. The smallest absolute Gasteiger partial charge is 0.328 e. The highest BCUT2D eigenvalue weighted by molar-refractivity contribution is 6.30. The molecule has 1 heterocycles. The molecule has 0 radical (unpaired) electrons. The number of esters is 1. The molecule has 2 aromatic rings. The van der Waals surface area contributed by atoms with E-state index in [-0.39, 0.29) is 18.4 Å². The van der Waals surface area contributed by atoms with E-state index in [1.54, 1.807) is 38.1 Å². The molecule has 1 aromatic heterocycles. The summed E-state index contributed by atoms with van der Waals surface area (Å²) in [4.78, 5) is 24.9. The van der Waals surface area contributed by atoms with Gasteiger partial charge in [0.2, 0.25) is 0 Å². The molecule has 1 unspecified atom stereocenters. The lowest BCUT2D eigenvalue weighted by molar-refractivity contribution is -0.147. The minimum atomic E-state index is -0.737. The van der Waals surface area contributed by atoms with E-state index in [1.807, 2.05) is 13.8 Å². The van der Waals surface area contributed by atoms with E-state index in [0.717, 1.165) is 5.56 Å². The first kappa shape index (κ1) is 20.0. The summed E-state index contributed by atoms with van der Waals surface area (Å²) >= 11 is 5.84. The van der Waals surface area contributed by atoms with Crippen LogP contribution in [0, 0.1) is 19.8 Å². The molecule has 140 valence electrons. The highest BCUT2D eigenvalue weighted by Gasteiger charge is 2.25. The maximum atomic E-state index is 12.5. The minimum Gasteiger partial charge on any atom is -0.459 e. The van der Waals surface area contributed by atoms with Gasteiger partial charge in [0.1, 0.15) is 18.4 Å². The van der Waals surface area contributed by atoms with Crippen molar-refractivity contribution in [2.24, 2.45) is 5.92 Å². The lowest BCUT2D eigenvalue weighted by atomic mass is 10.0. The van der Waals surface area contributed by atoms with Crippen LogP contribution in [0.4, 0.5) is 0 Å². The first-order valence-corrected chi connectivity index (χ1v) is 8.80. The van der Waals surface area contributed by atoms with Gasteiger partial charge in [0.05, 0.1) is 11.3 Å². The van der Waals surface area contributed by atoms with Crippen molar-refractivity contribution in [1.82, 2.24) is 10.5 Å². The van der Waals surface area contributed by atoms with E-state index < -0.39 is 12.0 Å². The van der Waals surface area contributed by atoms with Crippen LogP contribution in [-0.2, 0) is 16.1 Å². The van der Waals surface area contributed by atoms with Gasteiger partial charge in [0.15, 0.2) is 0 Å². The lowest BCUT2D eigenvalue weighted by Gasteiger charge is -2.19. The van der Waals surface area contributed by atoms with Crippen LogP contribution in [0.15, 0.2) is 28.8 Å². The molecule has 1 atom stereocenters. The third-order valence-electron chi connectivity index (χ3n) is 3.94. The van der Waals surface area contributed by atoms with Gasteiger partial charge in [0.25, 0.3) is 5.91 Å². The number of rotatable bonds is 7. The molecule has 0 saturated carbocycles. The van der Waals surface area contributed by atoms with Crippen LogP contribution in [-0.4, -0.2) is 23.1 Å². The number of nitrogens with one attached hydrogen (secondary N) is 1. The number of carbonyl (C=O) groups is 2. The molecule has 0 saturated heterocycles. The van der Waals surface area contributed by atoms with Gasteiger partial charge in [0, 0.05) is 10.6 Å².